The van der Waals surface area contributed by atoms with E-state index in [-0.39, 0.29) is 29.6 Å². The third-order valence-corrected chi connectivity index (χ3v) is 4.19. The van der Waals surface area contributed by atoms with Crippen LogP contribution in [0.5, 0.6) is 5.75 Å². The van der Waals surface area contributed by atoms with E-state index in [1.165, 1.54) is 36.2 Å². The fourth-order valence-corrected chi connectivity index (χ4v) is 2.62. The molecule has 0 fully saturated rings. The van der Waals surface area contributed by atoms with Gasteiger partial charge in [-0.05, 0) is 30.3 Å². The molecule has 0 bridgehead atoms. The van der Waals surface area contributed by atoms with Gasteiger partial charge in [0.25, 0.3) is 5.91 Å². The van der Waals surface area contributed by atoms with Gasteiger partial charge in [0.05, 0.1) is 0 Å². The molecule has 0 aliphatic carbocycles. The molecule has 0 aliphatic rings. The van der Waals surface area contributed by atoms with Crippen molar-refractivity contribution in [3.8, 4) is 5.75 Å². The van der Waals surface area contributed by atoms with E-state index in [2.05, 4.69) is 0 Å². The maximum Gasteiger partial charge on any atom is 0.336 e. The van der Waals surface area contributed by atoms with Crippen LogP contribution in [0.15, 0.2) is 57.7 Å². The highest BCUT2D eigenvalue weighted by atomic mass is 35.5. The number of hydrogen-bond acceptors (Lipinski definition) is 4. The lowest BCUT2D eigenvalue weighted by Crippen LogP contribution is -2.31. The Morgan fingerprint density at radius 2 is 2.00 bits per heavy atom. The van der Waals surface area contributed by atoms with Crippen LogP contribution in [0, 0.1) is 5.82 Å². The number of hydrogen-bond donors (Lipinski definition) is 0. The molecule has 2 aromatic carbocycles. The molecular formula is C19H15ClFNO4. The van der Waals surface area contributed by atoms with Gasteiger partial charge in [-0.1, -0.05) is 17.7 Å². The monoisotopic (exact) mass is 375 g/mol. The van der Waals surface area contributed by atoms with Crippen molar-refractivity contribution in [2.75, 3.05) is 13.7 Å². The van der Waals surface area contributed by atoms with Crippen LogP contribution < -0.4 is 10.4 Å². The number of halogens is 2. The van der Waals surface area contributed by atoms with Gasteiger partial charge in [-0.2, -0.15) is 0 Å². The van der Waals surface area contributed by atoms with Gasteiger partial charge in [-0.3, -0.25) is 4.79 Å². The van der Waals surface area contributed by atoms with Gasteiger partial charge in [-0.25, -0.2) is 9.18 Å². The second-order valence-electron chi connectivity index (χ2n) is 5.69. The number of carbonyl (C=O) groups excluding carboxylic acids is 1. The zero-order valence-corrected chi connectivity index (χ0v) is 14.6. The van der Waals surface area contributed by atoms with Crippen molar-refractivity contribution in [2.45, 2.75) is 6.54 Å². The molecule has 3 rings (SSSR count). The summed E-state index contributed by atoms with van der Waals surface area (Å²) in [4.78, 5) is 24.8. The summed E-state index contributed by atoms with van der Waals surface area (Å²) in [5.74, 6) is -0.431. The van der Waals surface area contributed by atoms with E-state index in [1.807, 2.05) is 0 Å². The van der Waals surface area contributed by atoms with Crippen LogP contribution in [-0.2, 0) is 11.3 Å². The molecule has 0 atom stereocenters. The zero-order chi connectivity index (χ0) is 18.7. The SMILES string of the molecule is CN(Cc1c(F)cccc1Cl)C(=O)COc1ccc2ccc(=O)oc2c1. The molecule has 134 valence electrons. The molecule has 0 spiro atoms. The van der Waals surface area contributed by atoms with Gasteiger partial charge in [0.2, 0.25) is 0 Å². The zero-order valence-electron chi connectivity index (χ0n) is 13.9. The molecule has 0 saturated heterocycles. The van der Waals surface area contributed by atoms with Crippen LogP contribution in [0.3, 0.4) is 0 Å². The lowest BCUT2D eigenvalue weighted by molar-refractivity contribution is -0.132. The summed E-state index contributed by atoms with van der Waals surface area (Å²) in [6.07, 6.45) is 0. The van der Waals surface area contributed by atoms with E-state index < -0.39 is 11.4 Å². The number of fused-ring (bicyclic) bond motifs is 1. The summed E-state index contributed by atoms with van der Waals surface area (Å²) in [5.41, 5.74) is 0.152. The van der Waals surface area contributed by atoms with Crippen molar-refractivity contribution in [3.63, 3.8) is 0 Å². The van der Waals surface area contributed by atoms with E-state index >= 15 is 0 Å². The van der Waals surface area contributed by atoms with Gasteiger partial charge in [0.1, 0.15) is 17.1 Å². The Bertz CT molecular complexity index is 998. The highest BCUT2D eigenvalue weighted by molar-refractivity contribution is 6.31. The molecule has 0 N–H and O–H groups in total. The summed E-state index contributed by atoms with van der Waals surface area (Å²) in [6.45, 7) is -0.217. The van der Waals surface area contributed by atoms with Crippen molar-refractivity contribution >= 4 is 28.5 Å². The largest absolute Gasteiger partial charge is 0.484 e. The van der Waals surface area contributed by atoms with Gasteiger partial charge in [0, 0.05) is 41.7 Å². The van der Waals surface area contributed by atoms with Crippen LogP contribution in [0.25, 0.3) is 11.0 Å². The number of amides is 1. The van der Waals surface area contributed by atoms with E-state index in [0.29, 0.717) is 11.3 Å². The Balaban J connectivity index is 1.65. The number of likely N-dealkylation sites (N-methyl/N-ethyl adjacent to an activating group) is 1. The third kappa shape index (κ3) is 4.03. The highest BCUT2D eigenvalue weighted by Crippen LogP contribution is 2.21. The predicted octanol–water partition coefficient (Wildman–Crippen LogP) is 3.62. The molecule has 0 aliphatic heterocycles. The Morgan fingerprint density at radius 3 is 2.77 bits per heavy atom. The lowest BCUT2D eigenvalue weighted by Gasteiger charge is -2.18. The Kier molecular flexibility index (Phi) is 5.23. The number of nitrogens with zero attached hydrogens (tertiary/aromatic N) is 1. The van der Waals surface area contributed by atoms with E-state index in [4.69, 9.17) is 20.8 Å². The standard InChI is InChI=1S/C19H15ClFNO4/c1-22(10-14-15(20)3-2-4-16(14)21)18(23)11-25-13-7-5-12-6-8-19(24)26-17(12)9-13/h2-9H,10-11H2,1H3. The molecule has 0 saturated carbocycles. The normalized spacial score (nSPS) is 10.7. The minimum absolute atomic E-state index is 0.0281. The molecule has 1 amide bonds. The molecule has 1 aromatic heterocycles. The number of carbonyl (C=O) groups is 1. The molecule has 7 heteroatoms. The molecule has 1 heterocycles. The predicted molar refractivity (Wildman–Crippen MR) is 95.9 cm³/mol. The number of benzene rings is 2. The number of ether oxygens (including phenoxy) is 1. The topological polar surface area (TPSA) is 59.8 Å². The highest BCUT2D eigenvalue weighted by Gasteiger charge is 2.15. The minimum Gasteiger partial charge on any atom is -0.484 e. The first-order valence-electron chi connectivity index (χ1n) is 7.77. The van der Waals surface area contributed by atoms with Gasteiger partial charge in [-0.15, -0.1) is 0 Å². The van der Waals surface area contributed by atoms with Crippen LogP contribution >= 0.6 is 11.6 Å². The van der Waals surface area contributed by atoms with Gasteiger partial charge < -0.3 is 14.1 Å². The lowest BCUT2D eigenvalue weighted by atomic mass is 10.2. The maximum atomic E-state index is 13.8. The smallest absolute Gasteiger partial charge is 0.336 e. The molecule has 26 heavy (non-hydrogen) atoms. The van der Waals surface area contributed by atoms with Crippen LogP contribution in [0.1, 0.15) is 5.56 Å². The van der Waals surface area contributed by atoms with E-state index in [9.17, 15) is 14.0 Å². The third-order valence-electron chi connectivity index (χ3n) is 3.84. The van der Waals surface area contributed by atoms with E-state index in [1.54, 1.807) is 24.3 Å². The summed E-state index contributed by atoms with van der Waals surface area (Å²) >= 11 is 5.97. The first-order chi connectivity index (χ1) is 12.4. The van der Waals surface area contributed by atoms with Crippen molar-refractivity contribution in [3.05, 3.63) is 75.4 Å². The van der Waals surface area contributed by atoms with Crippen LogP contribution in [0.4, 0.5) is 4.39 Å². The molecule has 5 nitrogen and oxygen atoms in total. The van der Waals surface area contributed by atoms with Crippen molar-refractivity contribution in [1.82, 2.24) is 4.90 Å². The Morgan fingerprint density at radius 1 is 1.23 bits per heavy atom. The van der Waals surface area contributed by atoms with Gasteiger partial charge >= 0.3 is 5.63 Å². The molecule has 3 aromatic rings. The number of rotatable bonds is 5. The molecule has 0 unspecified atom stereocenters. The summed E-state index contributed by atoms with van der Waals surface area (Å²) in [7, 11) is 1.54. The summed E-state index contributed by atoms with van der Waals surface area (Å²) in [6, 6.07) is 12.3. The van der Waals surface area contributed by atoms with Gasteiger partial charge in [0.15, 0.2) is 6.61 Å². The van der Waals surface area contributed by atoms with Crippen LogP contribution in [0.2, 0.25) is 5.02 Å². The first kappa shape index (κ1) is 17.9. The maximum absolute atomic E-state index is 13.8. The summed E-state index contributed by atoms with van der Waals surface area (Å²) < 4.78 is 24.3. The minimum atomic E-state index is -0.470. The molecule has 0 radical (unpaired) electrons. The Labute approximate surface area is 153 Å². The van der Waals surface area contributed by atoms with Crippen molar-refractivity contribution < 1.29 is 18.3 Å². The summed E-state index contributed by atoms with van der Waals surface area (Å²) in [5, 5.41) is 1.00. The first-order valence-corrected chi connectivity index (χ1v) is 8.15. The molecular weight excluding hydrogens is 361 g/mol. The second-order valence-corrected chi connectivity index (χ2v) is 6.10. The average Bonchev–Trinajstić information content (AvgIpc) is 2.62. The fraction of sp³-hybridized carbons (Fsp3) is 0.158. The fourth-order valence-electron chi connectivity index (χ4n) is 2.39. The van der Waals surface area contributed by atoms with Crippen molar-refractivity contribution in [2.24, 2.45) is 0 Å². The quantitative estimate of drug-likeness (QED) is 0.639. The van der Waals surface area contributed by atoms with Crippen molar-refractivity contribution in [1.29, 1.82) is 0 Å². The van der Waals surface area contributed by atoms with E-state index in [0.717, 1.165) is 5.39 Å². The van der Waals surface area contributed by atoms with Crippen LogP contribution in [-0.4, -0.2) is 24.5 Å². The Hall–Kier alpha value is -2.86. The average molecular weight is 376 g/mol. The second kappa shape index (κ2) is 7.58.